The highest BCUT2D eigenvalue weighted by molar-refractivity contribution is 7.30. The van der Waals surface area contributed by atoms with E-state index in [0.29, 0.717) is 17.6 Å². The predicted molar refractivity (Wildman–Crippen MR) is 91.9 cm³/mol. The molecule has 1 aromatic carbocycles. The number of fused-ring (bicyclic) bond motifs is 1. The van der Waals surface area contributed by atoms with E-state index >= 15 is 0 Å². The molecule has 25 heavy (non-hydrogen) atoms. The topological polar surface area (TPSA) is 178 Å². The second-order valence-corrected chi connectivity index (χ2v) is 5.57. The smallest absolute Gasteiger partial charge is 0.314 e. The lowest BCUT2D eigenvalue weighted by Gasteiger charge is -2.07. The maximum absolute atomic E-state index is 11.4. The van der Waals surface area contributed by atoms with Crippen molar-refractivity contribution < 1.29 is 19.3 Å². The van der Waals surface area contributed by atoms with Crippen molar-refractivity contribution in [3.05, 3.63) is 48.5 Å². The number of nitrogens with one attached hydrogen (secondary N) is 3. The number of rotatable bonds is 6. The molecule has 2 aromatic rings. The van der Waals surface area contributed by atoms with Gasteiger partial charge < -0.3 is 25.1 Å². The molecule has 0 atom stereocenters. The Hall–Kier alpha value is -2.33. The molecule has 1 heterocycles. The highest BCUT2D eigenvalue weighted by Gasteiger charge is 2.13. The van der Waals surface area contributed by atoms with E-state index < -0.39 is 24.3 Å². The van der Waals surface area contributed by atoms with Crippen molar-refractivity contribution >= 4 is 25.0 Å². The molecule has 0 saturated heterocycles. The molecule has 0 bridgehead atoms. The molecule has 1 aromatic heterocycles. The molecular weight excluding hydrogens is 355 g/mol. The number of benzene rings is 1. The van der Waals surface area contributed by atoms with Gasteiger partial charge in [0.05, 0.1) is 16.0 Å². The van der Waals surface area contributed by atoms with E-state index in [0.717, 1.165) is 19.4 Å². The Morgan fingerprint density at radius 3 is 2.40 bits per heavy atom. The lowest BCUT2D eigenvalue weighted by atomic mass is 10.1. The molecule has 0 aliphatic rings. The van der Waals surface area contributed by atoms with Gasteiger partial charge in [0.25, 0.3) is 5.69 Å². The number of nitro benzene ring substituents is 1. The largest absolute Gasteiger partial charge is 0.326 e. The number of non-ortho nitro benzene ring substituents is 1. The Labute approximate surface area is 141 Å². The molecule has 0 fully saturated rings. The Morgan fingerprint density at radius 2 is 1.84 bits per heavy atom. The minimum Gasteiger partial charge on any atom is -0.326 e. The van der Waals surface area contributed by atoms with E-state index in [1.807, 2.05) is 0 Å². The van der Waals surface area contributed by atoms with Crippen LogP contribution < -0.4 is 16.4 Å². The summed E-state index contributed by atoms with van der Waals surface area (Å²) in [6, 6.07) is 2.64. The fourth-order valence-electron chi connectivity index (χ4n) is 2.05. The van der Waals surface area contributed by atoms with Crippen molar-refractivity contribution in [2.75, 3.05) is 6.54 Å². The highest BCUT2D eigenvalue weighted by Crippen LogP contribution is 2.21. The number of aromatic nitrogens is 2. The summed E-state index contributed by atoms with van der Waals surface area (Å²) < 4.78 is 8.74. The molecule has 0 aliphatic heterocycles. The number of aromatic amines is 2. The Kier molecular flexibility index (Phi) is 8.16. The van der Waals surface area contributed by atoms with Crippen molar-refractivity contribution in [3.63, 3.8) is 0 Å². The molecule has 11 nitrogen and oxygen atoms in total. The third-order valence-corrected chi connectivity index (χ3v) is 3.13. The zero-order valence-corrected chi connectivity index (χ0v) is 14.4. The monoisotopic (exact) mass is 374 g/mol. The molecule has 138 valence electrons. The summed E-state index contributed by atoms with van der Waals surface area (Å²) in [5, 5.41) is 14.1. The summed E-state index contributed by atoms with van der Waals surface area (Å²) in [6.07, 6.45) is 2.02. The third kappa shape index (κ3) is 6.59. The lowest BCUT2D eigenvalue weighted by molar-refractivity contribution is -0.384. The molecule has 0 spiro atoms. The number of hydrogen-bond acceptors (Lipinski definition) is 6. The van der Waals surface area contributed by atoms with Crippen LogP contribution in [0.3, 0.4) is 0 Å². The van der Waals surface area contributed by atoms with E-state index in [4.69, 9.17) is 14.4 Å². The molecular formula is C13H19N4O7P. The third-order valence-electron chi connectivity index (χ3n) is 3.13. The summed E-state index contributed by atoms with van der Waals surface area (Å²) in [5.74, 6) is 0. The van der Waals surface area contributed by atoms with Gasteiger partial charge >= 0.3 is 19.4 Å². The van der Waals surface area contributed by atoms with Gasteiger partial charge in [0, 0.05) is 18.7 Å². The second-order valence-electron chi connectivity index (χ2n) is 5.01. The SMILES string of the molecule is CCCCNCc1cc([N+](=O)[O-])cc2[nH]c(=O)c(=O)[nH]c12.O=[PH](O)O. The molecule has 0 amide bonds. The Bertz CT molecular complexity index is 873. The molecule has 12 heteroatoms. The lowest BCUT2D eigenvalue weighted by Crippen LogP contribution is -2.29. The van der Waals surface area contributed by atoms with E-state index in [1.165, 1.54) is 12.1 Å². The first-order valence-corrected chi connectivity index (χ1v) is 8.62. The van der Waals surface area contributed by atoms with Crippen LogP contribution in [0.4, 0.5) is 5.69 Å². The fourth-order valence-corrected chi connectivity index (χ4v) is 2.05. The first kappa shape index (κ1) is 20.7. The van der Waals surface area contributed by atoms with Crippen molar-refractivity contribution in [1.82, 2.24) is 15.3 Å². The van der Waals surface area contributed by atoms with Crippen LogP contribution in [0.15, 0.2) is 21.7 Å². The van der Waals surface area contributed by atoms with Crippen LogP contribution in [0.1, 0.15) is 25.3 Å². The minimum atomic E-state index is -3.13. The molecule has 0 unspecified atom stereocenters. The van der Waals surface area contributed by atoms with E-state index in [-0.39, 0.29) is 11.2 Å². The van der Waals surface area contributed by atoms with E-state index in [1.54, 1.807) is 0 Å². The normalized spacial score (nSPS) is 10.6. The quantitative estimate of drug-likeness (QED) is 0.158. The number of nitrogens with zero attached hydrogens (tertiary/aromatic N) is 1. The summed E-state index contributed by atoms with van der Waals surface area (Å²) in [6.45, 7) is 3.21. The zero-order chi connectivity index (χ0) is 19.0. The van der Waals surface area contributed by atoms with Crippen LogP contribution in [0.5, 0.6) is 0 Å². The fraction of sp³-hybridized carbons (Fsp3) is 0.385. The molecule has 0 radical (unpaired) electrons. The van der Waals surface area contributed by atoms with Gasteiger partial charge in [-0.2, -0.15) is 0 Å². The molecule has 0 aliphatic carbocycles. The van der Waals surface area contributed by atoms with Crippen LogP contribution in [0, 0.1) is 10.1 Å². The van der Waals surface area contributed by atoms with Crippen molar-refractivity contribution in [2.45, 2.75) is 26.3 Å². The van der Waals surface area contributed by atoms with Crippen LogP contribution >= 0.6 is 8.25 Å². The molecule has 0 saturated carbocycles. The Balaban J connectivity index is 0.000000705. The number of H-pyrrole nitrogens is 2. The average molecular weight is 374 g/mol. The average Bonchev–Trinajstić information content (AvgIpc) is 2.52. The second kappa shape index (κ2) is 9.84. The Morgan fingerprint density at radius 1 is 1.24 bits per heavy atom. The van der Waals surface area contributed by atoms with E-state index in [9.17, 15) is 19.7 Å². The van der Waals surface area contributed by atoms with Crippen molar-refractivity contribution in [2.24, 2.45) is 0 Å². The maximum Gasteiger partial charge on any atom is 0.314 e. The van der Waals surface area contributed by atoms with Gasteiger partial charge in [-0.1, -0.05) is 13.3 Å². The van der Waals surface area contributed by atoms with Gasteiger partial charge in [-0.25, -0.2) is 0 Å². The summed E-state index contributed by atoms with van der Waals surface area (Å²) in [4.78, 5) is 52.3. The van der Waals surface area contributed by atoms with Crippen molar-refractivity contribution in [3.8, 4) is 0 Å². The first-order valence-electron chi connectivity index (χ1n) is 7.32. The van der Waals surface area contributed by atoms with Crippen LogP contribution in [0.2, 0.25) is 0 Å². The first-order chi connectivity index (χ1) is 11.8. The van der Waals surface area contributed by atoms with Gasteiger partial charge in [0.15, 0.2) is 0 Å². The number of hydrogen-bond donors (Lipinski definition) is 5. The predicted octanol–water partition coefficient (Wildman–Crippen LogP) is 0.375. The van der Waals surface area contributed by atoms with Gasteiger partial charge in [-0.05, 0) is 18.5 Å². The highest BCUT2D eigenvalue weighted by atomic mass is 31.1. The van der Waals surface area contributed by atoms with Crippen LogP contribution in [0.25, 0.3) is 11.0 Å². The number of nitro groups is 1. The van der Waals surface area contributed by atoms with Gasteiger partial charge in [0.1, 0.15) is 0 Å². The van der Waals surface area contributed by atoms with Crippen LogP contribution in [-0.4, -0.2) is 31.2 Å². The summed E-state index contributed by atoms with van der Waals surface area (Å²) >= 11 is 0. The summed E-state index contributed by atoms with van der Waals surface area (Å²) in [7, 11) is -3.13. The van der Waals surface area contributed by atoms with Gasteiger partial charge in [-0.3, -0.25) is 24.3 Å². The maximum atomic E-state index is 11.4. The van der Waals surface area contributed by atoms with Crippen LogP contribution in [-0.2, 0) is 11.1 Å². The molecule has 5 N–H and O–H groups in total. The standard InChI is InChI=1S/C13H16N4O4.H3O3P/c1-2-3-4-14-7-8-5-9(17(20)21)6-10-11(8)16-13(19)12(18)15-10;1-4(2)3/h5-6,14H,2-4,7H2,1H3,(H,15,18)(H,16,19);4H,(H2,1,2,3). The van der Waals surface area contributed by atoms with E-state index in [2.05, 4.69) is 22.2 Å². The van der Waals surface area contributed by atoms with Gasteiger partial charge in [-0.15, -0.1) is 0 Å². The van der Waals surface area contributed by atoms with Gasteiger partial charge in [0.2, 0.25) is 0 Å². The minimum absolute atomic E-state index is 0.127. The molecule has 2 rings (SSSR count). The zero-order valence-electron chi connectivity index (χ0n) is 13.4. The number of unbranched alkanes of at least 4 members (excludes halogenated alkanes) is 1. The van der Waals surface area contributed by atoms with Crippen molar-refractivity contribution in [1.29, 1.82) is 0 Å². The summed E-state index contributed by atoms with van der Waals surface area (Å²) in [5.41, 5.74) is -0.490.